The van der Waals surface area contributed by atoms with Gasteiger partial charge in [-0.15, -0.1) is 0 Å². The first-order chi connectivity index (χ1) is 8.74. The number of rotatable bonds is 3. The second kappa shape index (κ2) is 5.37. The van der Waals surface area contributed by atoms with Gasteiger partial charge in [0.25, 0.3) is 0 Å². The number of nitriles is 1. The van der Waals surface area contributed by atoms with Crippen LogP contribution in [0.1, 0.15) is 23.7 Å². The third-order valence-corrected chi connectivity index (χ3v) is 2.98. The Morgan fingerprint density at radius 3 is 2.61 bits per heavy atom. The van der Waals surface area contributed by atoms with Gasteiger partial charge in [-0.25, -0.2) is 0 Å². The minimum absolute atomic E-state index is 0.698. The van der Waals surface area contributed by atoms with E-state index in [1.807, 2.05) is 55.6 Å². The summed E-state index contributed by atoms with van der Waals surface area (Å²) < 4.78 is 2.12. The van der Waals surface area contributed by atoms with Crippen molar-refractivity contribution in [3.8, 4) is 6.07 Å². The molecule has 2 rings (SSSR count). The van der Waals surface area contributed by atoms with Crippen molar-refractivity contribution in [2.75, 3.05) is 0 Å². The minimum Gasteiger partial charge on any atom is -0.348 e. The quantitative estimate of drug-likeness (QED) is 0.743. The first-order valence-electron chi connectivity index (χ1n) is 6.08. The Kier molecular flexibility index (Phi) is 3.64. The lowest BCUT2D eigenvalue weighted by Crippen LogP contribution is -1.94. The van der Waals surface area contributed by atoms with Gasteiger partial charge in [-0.05, 0) is 37.6 Å². The van der Waals surface area contributed by atoms with Crippen LogP contribution >= 0.6 is 0 Å². The summed E-state index contributed by atoms with van der Waals surface area (Å²) in [7, 11) is 0. The van der Waals surface area contributed by atoms with Crippen LogP contribution in [0.25, 0.3) is 11.6 Å². The van der Waals surface area contributed by atoms with E-state index in [0.29, 0.717) is 5.57 Å². The predicted octanol–water partition coefficient (Wildman–Crippen LogP) is 3.88. The summed E-state index contributed by atoms with van der Waals surface area (Å²) >= 11 is 0. The Balaban J connectivity index is 2.40. The molecular weight excluding hydrogens is 220 g/mol. The number of allylic oxidation sites excluding steroid dienone is 1. The zero-order chi connectivity index (χ0) is 13.0. The molecular formula is C16H16N2. The van der Waals surface area contributed by atoms with Crippen LogP contribution in [0, 0.1) is 18.3 Å². The van der Waals surface area contributed by atoms with Crippen LogP contribution in [-0.4, -0.2) is 4.57 Å². The number of hydrogen-bond donors (Lipinski definition) is 0. The Morgan fingerprint density at radius 1 is 1.28 bits per heavy atom. The van der Waals surface area contributed by atoms with Crippen LogP contribution in [0.3, 0.4) is 0 Å². The van der Waals surface area contributed by atoms with Crippen molar-refractivity contribution >= 4 is 11.6 Å². The molecule has 0 saturated heterocycles. The van der Waals surface area contributed by atoms with Crippen LogP contribution in [0.4, 0.5) is 0 Å². The molecule has 0 aliphatic heterocycles. The van der Waals surface area contributed by atoms with Crippen LogP contribution in [0.5, 0.6) is 0 Å². The standard InChI is InChI=1S/C16H16N2/c1-3-18-10-4-5-16(18)11-15(12-17)14-8-6-13(2)7-9-14/h4-11H,3H2,1-2H3/b15-11-. The highest BCUT2D eigenvalue weighted by molar-refractivity contribution is 5.89. The third-order valence-electron chi connectivity index (χ3n) is 2.98. The first kappa shape index (κ1) is 12.2. The summed E-state index contributed by atoms with van der Waals surface area (Å²) in [5.74, 6) is 0. The SMILES string of the molecule is CCn1cccc1/C=C(/C#N)c1ccc(C)cc1. The van der Waals surface area contributed by atoms with Gasteiger partial charge in [0.1, 0.15) is 0 Å². The van der Waals surface area contributed by atoms with E-state index in [0.717, 1.165) is 17.8 Å². The molecule has 2 nitrogen and oxygen atoms in total. The van der Waals surface area contributed by atoms with Crippen molar-refractivity contribution in [3.05, 3.63) is 59.4 Å². The highest BCUT2D eigenvalue weighted by atomic mass is 14.9. The van der Waals surface area contributed by atoms with Gasteiger partial charge in [0.15, 0.2) is 0 Å². The summed E-state index contributed by atoms with van der Waals surface area (Å²) in [6.07, 6.45) is 3.96. The lowest BCUT2D eigenvalue weighted by Gasteiger charge is -2.03. The largest absolute Gasteiger partial charge is 0.348 e. The van der Waals surface area contributed by atoms with Crippen molar-refractivity contribution in [2.24, 2.45) is 0 Å². The maximum Gasteiger partial charge on any atom is 0.0998 e. The zero-order valence-electron chi connectivity index (χ0n) is 10.7. The summed E-state index contributed by atoms with van der Waals surface area (Å²) in [6.45, 7) is 5.04. The molecule has 0 radical (unpaired) electrons. The molecule has 0 atom stereocenters. The highest BCUT2D eigenvalue weighted by Crippen LogP contribution is 2.18. The maximum absolute atomic E-state index is 9.28. The Bertz CT molecular complexity index is 595. The van der Waals surface area contributed by atoms with E-state index in [1.54, 1.807) is 0 Å². The number of aromatic nitrogens is 1. The van der Waals surface area contributed by atoms with Crippen LogP contribution in [-0.2, 0) is 6.54 Å². The van der Waals surface area contributed by atoms with Gasteiger partial charge in [-0.1, -0.05) is 29.8 Å². The second-order valence-corrected chi connectivity index (χ2v) is 4.25. The molecule has 0 spiro atoms. The molecule has 0 aliphatic carbocycles. The Labute approximate surface area is 108 Å². The van der Waals surface area contributed by atoms with Crippen molar-refractivity contribution in [1.29, 1.82) is 5.26 Å². The smallest absolute Gasteiger partial charge is 0.0998 e. The molecule has 18 heavy (non-hydrogen) atoms. The fraction of sp³-hybridized carbons (Fsp3) is 0.188. The molecule has 1 aromatic heterocycles. The van der Waals surface area contributed by atoms with Crippen LogP contribution < -0.4 is 0 Å². The molecule has 0 unspecified atom stereocenters. The van der Waals surface area contributed by atoms with Gasteiger partial charge in [-0.3, -0.25) is 0 Å². The molecule has 1 aromatic carbocycles. The van der Waals surface area contributed by atoms with Gasteiger partial charge < -0.3 is 4.57 Å². The van der Waals surface area contributed by atoms with Gasteiger partial charge >= 0.3 is 0 Å². The summed E-state index contributed by atoms with van der Waals surface area (Å²) in [4.78, 5) is 0. The minimum atomic E-state index is 0.698. The maximum atomic E-state index is 9.28. The van der Waals surface area contributed by atoms with E-state index in [-0.39, 0.29) is 0 Å². The molecule has 0 bridgehead atoms. The van der Waals surface area contributed by atoms with Crippen molar-refractivity contribution in [3.63, 3.8) is 0 Å². The lowest BCUT2D eigenvalue weighted by molar-refractivity contribution is 0.762. The van der Waals surface area contributed by atoms with Crippen molar-refractivity contribution < 1.29 is 0 Å². The predicted molar refractivity (Wildman–Crippen MR) is 74.8 cm³/mol. The number of aryl methyl sites for hydroxylation is 2. The van der Waals surface area contributed by atoms with Gasteiger partial charge in [-0.2, -0.15) is 5.26 Å². The molecule has 2 aromatic rings. The molecule has 1 heterocycles. The summed E-state index contributed by atoms with van der Waals surface area (Å²) in [6, 6.07) is 14.3. The molecule has 0 saturated carbocycles. The van der Waals surface area contributed by atoms with Crippen molar-refractivity contribution in [2.45, 2.75) is 20.4 Å². The monoisotopic (exact) mass is 236 g/mol. The molecule has 2 heteroatoms. The first-order valence-corrected chi connectivity index (χ1v) is 6.08. The van der Waals surface area contributed by atoms with E-state index in [1.165, 1.54) is 5.56 Å². The van der Waals surface area contributed by atoms with Gasteiger partial charge in [0.2, 0.25) is 0 Å². The average Bonchev–Trinajstić information content (AvgIpc) is 2.84. The fourth-order valence-corrected chi connectivity index (χ4v) is 1.91. The molecule has 0 N–H and O–H groups in total. The van der Waals surface area contributed by atoms with Crippen LogP contribution in [0.2, 0.25) is 0 Å². The molecule has 0 amide bonds. The zero-order valence-corrected chi connectivity index (χ0v) is 10.7. The third kappa shape index (κ3) is 2.52. The lowest BCUT2D eigenvalue weighted by atomic mass is 10.0. The van der Waals surface area contributed by atoms with E-state index in [2.05, 4.69) is 17.6 Å². The summed E-state index contributed by atoms with van der Waals surface area (Å²) in [5, 5.41) is 9.28. The van der Waals surface area contributed by atoms with E-state index < -0.39 is 0 Å². The number of nitrogens with zero attached hydrogens (tertiary/aromatic N) is 2. The van der Waals surface area contributed by atoms with Gasteiger partial charge in [0, 0.05) is 18.4 Å². The molecule has 90 valence electrons. The van der Waals surface area contributed by atoms with Crippen molar-refractivity contribution in [1.82, 2.24) is 4.57 Å². The van der Waals surface area contributed by atoms with E-state index >= 15 is 0 Å². The number of benzene rings is 1. The topological polar surface area (TPSA) is 28.7 Å². The number of hydrogen-bond acceptors (Lipinski definition) is 1. The second-order valence-electron chi connectivity index (χ2n) is 4.25. The highest BCUT2D eigenvalue weighted by Gasteiger charge is 2.02. The van der Waals surface area contributed by atoms with Gasteiger partial charge in [0.05, 0.1) is 11.6 Å². The summed E-state index contributed by atoms with van der Waals surface area (Å²) in [5.41, 5.74) is 3.93. The van der Waals surface area contributed by atoms with E-state index in [4.69, 9.17) is 0 Å². The normalized spacial score (nSPS) is 11.3. The van der Waals surface area contributed by atoms with Crippen LogP contribution in [0.15, 0.2) is 42.6 Å². The fourth-order valence-electron chi connectivity index (χ4n) is 1.91. The molecule has 0 aliphatic rings. The average molecular weight is 236 g/mol. The van der Waals surface area contributed by atoms with E-state index in [9.17, 15) is 5.26 Å². The Hall–Kier alpha value is -2.27. The Morgan fingerprint density at radius 2 is 2.00 bits per heavy atom. The molecule has 0 fully saturated rings.